The van der Waals surface area contributed by atoms with Gasteiger partial charge < -0.3 is 15.5 Å². The summed E-state index contributed by atoms with van der Waals surface area (Å²) in [5.41, 5.74) is 5.75. The minimum absolute atomic E-state index is 0.0802. The third-order valence-corrected chi connectivity index (χ3v) is 3.85. The van der Waals surface area contributed by atoms with Crippen LogP contribution in [0.1, 0.15) is 40.0 Å². The summed E-state index contributed by atoms with van der Waals surface area (Å²) in [4.78, 5) is 28.0. The lowest BCUT2D eigenvalue weighted by molar-refractivity contribution is -0.136. The van der Waals surface area contributed by atoms with Gasteiger partial charge in [0.2, 0.25) is 11.8 Å². The molecule has 0 aromatic carbocycles. The molecule has 5 heteroatoms. The van der Waals surface area contributed by atoms with E-state index in [-0.39, 0.29) is 17.7 Å². The second kappa shape index (κ2) is 8.25. The Morgan fingerprint density at radius 1 is 1.10 bits per heavy atom. The minimum atomic E-state index is -0.0802. The molecule has 0 saturated carbocycles. The van der Waals surface area contributed by atoms with Crippen molar-refractivity contribution in [2.45, 2.75) is 40.0 Å². The summed E-state index contributed by atoms with van der Waals surface area (Å²) in [5, 5.41) is 0. The number of amides is 2. The standard InChI is InChI=1S/C15H29N3O2/c1-4-14(19)17-6-5-7-18(9-8-17)15(20)13(11-16)10-12(2)3/h12-13H,4-11,16H2,1-3H3. The molecule has 20 heavy (non-hydrogen) atoms. The molecule has 1 atom stereocenters. The monoisotopic (exact) mass is 283 g/mol. The Morgan fingerprint density at radius 2 is 1.70 bits per heavy atom. The van der Waals surface area contributed by atoms with Crippen molar-refractivity contribution >= 4 is 11.8 Å². The van der Waals surface area contributed by atoms with E-state index >= 15 is 0 Å². The maximum atomic E-state index is 12.5. The van der Waals surface area contributed by atoms with Crippen LogP contribution < -0.4 is 5.73 Å². The van der Waals surface area contributed by atoms with Crippen LogP contribution in [-0.4, -0.2) is 54.3 Å². The van der Waals surface area contributed by atoms with Crippen molar-refractivity contribution in [3.63, 3.8) is 0 Å². The number of hydrogen-bond acceptors (Lipinski definition) is 3. The summed E-state index contributed by atoms with van der Waals surface area (Å²) >= 11 is 0. The number of carbonyl (C=O) groups excluding carboxylic acids is 2. The first-order valence-corrected chi connectivity index (χ1v) is 7.76. The third-order valence-electron chi connectivity index (χ3n) is 3.85. The number of hydrogen-bond donors (Lipinski definition) is 1. The van der Waals surface area contributed by atoms with Crippen LogP contribution in [0.5, 0.6) is 0 Å². The molecular formula is C15H29N3O2. The topological polar surface area (TPSA) is 66.6 Å². The second-order valence-electron chi connectivity index (χ2n) is 5.98. The fraction of sp³-hybridized carbons (Fsp3) is 0.867. The van der Waals surface area contributed by atoms with Crippen molar-refractivity contribution in [2.75, 3.05) is 32.7 Å². The first kappa shape index (κ1) is 17.0. The summed E-state index contributed by atoms with van der Waals surface area (Å²) in [5.74, 6) is 0.727. The molecular weight excluding hydrogens is 254 g/mol. The fourth-order valence-corrected chi connectivity index (χ4v) is 2.74. The van der Waals surface area contributed by atoms with Crippen LogP contribution in [-0.2, 0) is 9.59 Å². The molecule has 116 valence electrons. The molecule has 5 nitrogen and oxygen atoms in total. The van der Waals surface area contributed by atoms with Crippen molar-refractivity contribution < 1.29 is 9.59 Å². The molecule has 1 aliphatic rings. The van der Waals surface area contributed by atoms with Crippen LogP contribution in [0.15, 0.2) is 0 Å². The van der Waals surface area contributed by atoms with Crippen LogP contribution in [0.2, 0.25) is 0 Å². The zero-order chi connectivity index (χ0) is 15.1. The Labute approximate surface area is 122 Å². The molecule has 1 rings (SSSR count). The highest BCUT2D eigenvalue weighted by Gasteiger charge is 2.26. The van der Waals surface area contributed by atoms with Gasteiger partial charge in [-0.3, -0.25) is 9.59 Å². The van der Waals surface area contributed by atoms with E-state index < -0.39 is 0 Å². The Hall–Kier alpha value is -1.10. The highest BCUT2D eigenvalue weighted by Crippen LogP contribution is 2.15. The van der Waals surface area contributed by atoms with Crippen molar-refractivity contribution in [1.82, 2.24) is 9.80 Å². The van der Waals surface area contributed by atoms with Gasteiger partial charge >= 0.3 is 0 Å². The van der Waals surface area contributed by atoms with Gasteiger partial charge in [-0.1, -0.05) is 20.8 Å². The average Bonchev–Trinajstić information content (AvgIpc) is 2.68. The van der Waals surface area contributed by atoms with E-state index in [4.69, 9.17) is 5.73 Å². The zero-order valence-corrected chi connectivity index (χ0v) is 13.1. The summed E-state index contributed by atoms with van der Waals surface area (Å²) in [6, 6.07) is 0. The third kappa shape index (κ3) is 4.78. The SMILES string of the molecule is CCC(=O)N1CCCN(C(=O)C(CN)CC(C)C)CC1. The minimum Gasteiger partial charge on any atom is -0.341 e. The molecule has 0 spiro atoms. The molecule has 1 heterocycles. The van der Waals surface area contributed by atoms with Gasteiger partial charge in [-0.2, -0.15) is 0 Å². The predicted molar refractivity (Wildman–Crippen MR) is 80.1 cm³/mol. The van der Waals surface area contributed by atoms with Gasteiger partial charge in [0, 0.05) is 39.1 Å². The van der Waals surface area contributed by atoms with Crippen LogP contribution in [0.25, 0.3) is 0 Å². The quantitative estimate of drug-likeness (QED) is 0.821. The molecule has 0 aromatic rings. The zero-order valence-electron chi connectivity index (χ0n) is 13.1. The van der Waals surface area contributed by atoms with Crippen molar-refractivity contribution in [3.05, 3.63) is 0 Å². The summed E-state index contributed by atoms with van der Waals surface area (Å²) in [6.45, 7) is 9.29. The van der Waals surface area contributed by atoms with Crippen LogP contribution in [0.3, 0.4) is 0 Å². The van der Waals surface area contributed by atoms with E-state index in [1.807, 2.05) is 16.7 Å². The van der Waals surface area contributed by atoms with Crippen molar-refractivity contribution in [1.29, 1.82) is 0 Å². The van der Waals surface area contributed by atoms with E-state index in [1.54, 1.807) is 0 Å². The lowest BCUT2D eigenvalue weighted by Gasteiger charge is -2.26. The molecule has 0 aromatic heterocycles. The molecule has 0 bridgehead atoms. The van der Waals surface area contributed by atoms with Crippen molar-refractivity contribution in [3.8, 4) is 0 Å². The summed E-state index contributed by atoms with van der Waals surface area (Å²) in [6.07, 6.45) is 2.23. The van der Waals surface area contributed by atoms with Crippen molar-refractivity contribution in [2.24, 2.45) is 17.6 Å². The molecule has 1 unspecified atom stereocenters. The first-order valence-electron chi connectivity index (χ1n) is 7.76. The summed E-state index contributed by atoms with van der Waals surface area (Å²) < 4.78 is 0. The molecule has 1 fully saturated rings. The van der Waals surface area contributed by atoms with Gasteiger partial charge in [-0.15, -0.1) is 0 Å². The summed E-state index contributed by atoms with van der Waals surface area (Å²) in [7, 11) is 0. The van der Waals surface area contributed by atoms with Gasteiger partial charge in [0.05, 0.1) is 5.92 Å². The molecule has 0 radical (unpaired) electrons. The normalized spacial score (nSPS) is 18.1. The average molecular weight is 283 g/mol. The lowest BCUT2D eigenvalue weighted by Crippen LogP contribution is -2.42. The van der Waals surface area contributed by atoms with Gasteiger partial charge in [0.25, 0.3) is 0 Å². The Kier molecular flexibility index (Phi) is 6.99. The van der Waals surface area contributed by atoms with Gasteiger partial charge in [-0.25, -0.2) is 0 Å². The highest BCUT2D eigenvalue weighted by molar-refractivity contribution is 5.79. The predicted octanol–water partition coefficient (Wildman–Crippen LogP) is 1.08. The van der Waals surface area contributed by atoms with Crippen LogP contribution in [0.4, 0.5) is 0 Å². The molecule has 2 N–H and O–H groups in total. The molecule has 0 aliphatic carbocycles. The van der Waals surface area contributed by atoms with Gasteiger partial charge in [-0.05, 0) is 18.8 Å². The van der Waals surface area contributed by atoms with Crippen LogP contribution >= 0.6 is 0 Å². The van der Waals surface area contributed by atoms with Gasteiger partial charge in [0.1, 0.15) is 0 Å². The Bertz CT molecular complexity index is 331. The number of nitrogens with zero attached hydrogens (tertiary/aromatic N) is 2. The molecule has 1 aliphatic heterocycles. The number of nitrogens with two attached hydrogens (primary N) is 1. The first-order chi connectivity index (χ1) is 9.49. The van der Waals surface area contributed by atoms with Gasteiger partial charge in [0.15, 0.2) is 0 Å². The van der Waals surface area contributed by atoms with Crippen LogP contribution in [0, 0.1) is 11.8 Å². The van der Waals surface area contributed by atoms with E-state index in [0.29, 0.717) is 32.0 Å². The highest BCUT2D eigenvalue weighted by atomic mass is 16.2. The molecule has 1 saturated heterocycles. The fourth-order valence-electron chi connectivity index (χ4n) is 2.74. The van der Waals surface area contributed by atoms with E-state index in [9.17, 15) is 9.59 Å². The Morgan fingerprint density at radius 3 is 2.25 bits per heavy atom. The largest absolute Gasteiger partial charge is 0.341 e. The smallest absolute Gasteiger partial charge is 0.227 e. The lowest BCUT2D eigenvalue weighted by atomic mass is 9.96. The second-order valence-corrected chi connectivity index (χ2v) is 5.98. The Balaban J connectivity index is 2.59. The van der Waals surface area contributed by atoms with E-state index in [2.05, 4.69) is 13.8 Å². The maximum Gasteiger partial charge on any atom is 0.227 e. The maximum absolute atomic E-state index is 12.5. The molecule has 2 amide bonds. The number of carbonyl (C=O) groups is 2. The van der Waals surface area contributed by atoms with E-state index in [0.717, 1.165) is 25.9 Å². The number of rotatable bonds is 5. The van der Waals surface area contributed by atoms with E-state index in [1.165, 1.54) is 0 Å².